The number of carbonyl (C=O) groups excluding carboxylic acids is 1. The van der Waals surface area contributed by atoms with E-state index in [-0.39, 0.29) is 11.7 Å². The first kappa shape index (κ1) is 11.7. The van der Waals surface area contributed by atoms with Crippen LogP contribution in [0.2, 0.25) is 5.02 Å². The summed E-state index contributed by atoms with van der Waals surface area (Å²) >= 11 is 5.97. The van der Waals surface area contributed by atoms with E-state index in [1.165, 1.54) is 6.26 Å². The van der Waals surface area contributed by atoms with E-state index in [0.29, 0.717) is 18.1 Å². The van der Waals surface area contributed by atoms with E-state index in [4.69, 9.17) is 16.0 Å². The van der Waals surface area contributed by atoms with Crippen molar-refractivity contribution in [2.45, 2.75) is 20.0 Å². The summed E-state index contributed by atoms with van der Waals surface area (Å²) in [6.07, 6.45) is 3.03. The van der Waals surface area contributed by atoms with Crippen molar-refractivity contribution < 1.29 is 9.21 Å². The number of nitrogens with one attached hydrogen (secondary N) is 1. The van der Waals surface area contributed by atoms with Crippen LogP contribution < -0.4 is 5.32 Å². The molecule has 0 aliphatic carbocycles. The highest BCUT2D eigenvalue weighted by Crippen LogP contribution is 2.14. The molecule has 2 aromatic heterocycles. The molecule has 0 radical (unpaired) electrons. The highest BCUT2D eigenvalue weighted by molar-refractivity contribution is 6.31. The maximum absolute atomic E-state index is 11.6. The van der Waals surface area contributed by atoms with Crippen molar-refractivity contribution in [2.75, 3.05) is 0 Å². The van der Waals surface area contributed by atoms with Crippen molar-refractivity contribution in [1.82, 2.24) is 15.1 Å². The predicted octanol–water partition coefficient (Wildman–Crippen LogP) is 2.08. The van der Waals surface area contributed by atoms with Crippen molar-refractivity contribution in [1.29, 1.82) is 0 Å². The van der Waals surface area contributed by atoms with Crippen LogP contribution in [0.4, 0.5) is 0 Å². The minimum Gasteiger partial charge on any atom is -0.459 e. The van der Waals surface area contributed by atoms with Crippen molar-refractivity contribution in [2.24, 2.45) is 0 Å². The van der Waals surface area contributed by atoms with Gasteiger partial charge in [0.15, 0.2) is 5.76 Å². The van der Waals surface area contributed by atoms with Crippen molar-refractivity contribution in [3.63, 3.8) is 0 Å². The number of amides is 1. The van der Waals surface area contributed by atoms with Crippen LogP contribution in [-0.4, -0.2) is 15.7 Å². The number of halogens is 1. The second-order valence-electron chi connectivity index (χ2n) is 3.41. The van der Waals surface area contributed by atoms with E-state index in [9.17, 15) is 4.79 Å². The maximum Gasteiger partial charge on any atom is 0.287 e. The fraction of sp³-hybridized carbons (Fsp3) is 0.273. The fourth-order valence-corrected chi connectivity index (χ4v) is 1.70. The Labute approximate surface area is 103 Å². The molecular formula is C11H12ClN3O2. The van der Waals surface area contributed by atoms with Crippen LogP contribution in [-0.2, 0) is 13.1 Å². The van der Waals surface area contributed by atoms with Gasteiger partial charge in [0.1, 0.15) is 0 Å². The summed E-state index contributed by atoms with van der Waals surface area (Å²) in [4.78, 5) is 11.6. The number of nitrogens with zero attached hydrogens (tertiary/aromatic N) is 2. The molecule has 6 heteroatoms. The molecule has 0 spiro atoms. The van der Waals surface area contributed by atoms with Gasteiger partial charge in [0, 0.05) is 6.54 Å². The number of rotatable bonds is 4. The lowest BCUT2D eigenvalue weighted by Gasteiger charge is -2.06. The molecule has 2 heterocycles. The molecular weight excluding hydrogens is 242 g/mol. The Morgan fingerprint density at radius 2 is 2.47 bits per heavy atom. The summed E-state index contributed by atoms with van der Waals surface area (Å²) in [7, 11) is 0. The van der Waals surface area contributed by atoms with Gasteiger partial charge in [-0.3, -0.25) is 9.48 Å². The second kappa shape index (κ2) is 5.05. The average Bonchev–Trinajstić information content (AvgIpc) is 2.95. The Hall–Kier alpha value is -1.75. The average molecular weight is 254 g/mol. The zero-order chi connectivity index (χ0) is 12.3. The first-order valence-electron chi connectivity index (χ1n) is 5.24. The number of aryl methyl sites for hydroxylation is 1. The minimum absolute atomic E-state index is 0.269. The Balaban J connectivity index is 2.02. The molecule has 0 saturated carbocycles. The van der Waals surface area contributed by atoms with E-state index in [1.54, 1.807) is 23.0 Å². The van der Waals surface area contributed by atoms with Crippen LogP contribution in [0.3, 0.4) is 0 Å². The number of hydrogen-bond acceptors (Lipinski definition) is 3. The van der Waals surface area contributed by atoms with Crippen LogP contribution in [0.15, 0.2) is 29.0 Å². The van der Waals surface area contributed by atoms with Gasteiger partial charge < -0.3 is 9.73 Å². The molecule has 0 aliphatic rings. The van der Waals surface area contributed by atoms with E-state index in [0.717, 1.165) is 5.69 Å². The molecule has 17 heavy (non-hydrogen) atoms. The van der Waals surface area contributed by atoms with Gasteiger partial charge in [-0.15, -0.1) is 0 Å². The van der Waals surface area contributed by atoms with E-state index >= 15 is 0 Å². The highest BCUT2D eigenvalue weighted by atomic mass is 35.5. The Kier molecular flexibility index (Phi) is 3.49. The number of carbonyl (C=O) groups is 1. The molecule has 0 unspecified atom stereocenters. The molecule has 90 valence electrons. The third-order valence-corrected chi connectivity index (χ3v) is 2.67. The molecule has 2 aromatic rings. The van der Waals surface area contributed by atoms with Crippen LogP contribution in [0.5, 0.6) is 0 Å². The summed E-state index contributed by atoms with van der Waals surface area (Å²) < 4.78 is 6.73. The standard InChI is InChI=1S/C11H12ClN3O2/c1-2-15-9(8(12)6-14-15)7-13-11(16)10-4-3-5-17-10/h3-6H,2,7H2,1H3,(H,13,16). The van der Waals surface area contributed by atoms with Crippen LogP contribution in [0.1, 0.15) is 23.2 Å². The largest absolute Gasteiger partial charge is 0.459 e. The van der Waals surface area contributed by atoms with Gasteiger partial charge in [0.25, 0.3) is 5.91 Å². The monoisotopic (exact) mass is 253 g/mol. The lowest BCUT2D eigenvalue weighted by atomic mass is 10.3. The minimum atomic E-state index is -0.269. The molecule has 0 bridgehead atoms. The summed E-state index contributed by atoms with van der Waals surface area (Å²) in [6.45, 7) is 2.99. The fourth-order valence-electron chi connectivity index (χ4n) is 1.49. The van der Waals surface area contributed by atoms with E-state index in [2.05, 4.69) is 10.4 Å². The first-order chi connectivity index (χ1) is 8.22. The normalized spacial score (nSPS) is 10.5. The Bertz CT molecular complexity index is 505. The molecule has 0 fully saturated rings. The molecule has 0 aromatic carbocycles. The van der Waals surface area contributed by atoms with Crippen molar-refractivity contribution in [3.8, 4) is 0 Å². The van der Waals surface area contributed by atoms with Gasteiger partial charge in [-0.2, -0.15) is 5.10 Å². The summed E-state index contributed by atoms with van der Waals surface area (Å²) in [5.41, 5.74) is 0.786. The van der Waals surface area contributed by atoms with Gasteiger partial charge in [0.2, 0.25) is 0 Å². The summed E-state index contributed by atoms with van der Waals surface area (Å²) in [6, 6.07) is 3.27. The quantitative estimate of drug-likeness (QED) is 0.908. The predicted molar refractivity (Wildman–Crippen MR) is 62.8 cm³/mol. The zero-order valence-electron chi connectivity index (χ0n) is 9.31. The van der Waals surface area contributed by atoms with Gasteiger partial charge in [-0.1, -0.05) is 11.6 Å². The van der Waals surface area contributed by atoms with Crippen molar-refractivity contribution in [3.05, 3.63) is 41.1 Å². The number of aromatic nitrogens is 2. The van der Waals surface area contributed by atoms with Crippen molar-refractivity contribution >= 4 is 17.5 Å². The van der Waals surface area contributed by atoms with Crippen LogP contribution in [0.25, 0.3) is 0 Å². The van der Waals surface area contributed by atoms with Gasteiger partial charge in [-0.05, 0) is 19.1 Å². The van der Waals surface area contributed by atoms with Gasteiger partial charge >= 0.3 is 0 Å². The zero-order valence-corrected chi connectivity index (χ0v) is 10.1. The lowest BCUT2D eigenvalue weighted by Crippen LogP contribution is -2.24. The summed E-state index contributed by atoms with van der Waals surface area (Å²) in [5, 5.41) is 7.36. The third kappa shape index (κ3) is 2.50. The van der Waals surface area contributed by atoms with Crippen LogP contribution >= 0.6 is 11.6 Å². The van der Waals surface area contributed by atoms with Gasteiger partial charge in [-0.25, -0.2) is 0 Å². The smallest absolute Gasteiger partial charge is 0.287 e. The molecule has 1 amide bonds. The maximum atomic E-state index is 11.6. The lowest BCUT2D eigenvalue weighted by molar-refractivity contribution is 0.0922. The molecule has 0 saturated heterocycles. The van der Waals surface area contributed by atoms with Crippen LogP contribution in [0, 0.1) is 0 Å². The number of hydrogen-bond donors (Lipinski definition) is 1. The highest BCUT2D eigenvalue weighted by Gasteiger charge is 2.12. The molecule has 0 atom stereocenters. The Morgan fingerprint density at radius 1 is 1.65 bits per heavy atom. The molecule has 2 rings (SSSR count). The molecule has 5 nitrogen and oxygen atoms in total. The van der Waals surface area contributed by atoms with Gasteiger partial charge in [0.05, 0.1) is 29.7 Å². The first-order valence-corrected chi connectivity index (χ1v) is 5.62. The third-order valence-electron chi connectivity index (χ3n) is 2.36. The summed E-state index contributed by atoms with van der Waals surface area (Å²) in [5.74, 6) is 0.0126. The SMILES string of the molecule is CCn1ncc(Cl)c1CNC(=O)c1ccco1. The van der Waals surface area contributed by atoms with E-state index < -0.39 is 0 Å². The molecule has 0 aliphatic heterocycles. The Morgan fingerprint density at radius 3 is 3.12 bits per heavy atom. The molecule has 1 N–H and O–H groups in total. The second-order valence-corrected chi connectivity index (χ2v) is 3.82. The topological polar surface area (TPSA) is 60.1 Å². The number of furan rings is 1. The van der Waals surface area contributed by atoms with E-state index in [1.807, 2.05) is 6.92 Å².